The molecule has 6 heteroatoms. The molecule has 1 fully saturated rings. The van der Waals surface area contributed by atoms with Crippen LogP contribution in [-0.2, 0) is 24.3 Å². The average molecular weight is 369 g/mol. The van der Waals surface area contributed by atoms with Crippen molar-refractivity contribution in [3.63, 3.8) is 0 Å². The van der Waals surface area contributed by atoms with Crippen LogP contribution in [0.15, 0.2) is 24.4 Å². The molecule has 2 aliphatic rings. The molecule has 0 N–H and O–H groups in total. The van der Waals surface area contributed by atoms with Crippen LogP contribution < -0.4 is 9.47 Å². The zero-order chi connectivity index (χ0) is 19.0. The minimum Gasteiger partial charge on any atom is -0.454 e. The summed E-state index contributed by atoms with van der Waals surface area (Å²) in [6, 6.07) is 6.16. The van der Waals surface area contributed by atoms with Crippen LogP contribution >= 0.6 is 0 Å². The van der Waals surface area contributed by atoms with Crippen molar-refractivity contribution in [2.75, 3.05) is 13.3 Å². The Hall–Kier alpha value is -2.50. The smallest absolute Gasteiger partial charge is 0.231 e. The second-order valence-corrected chi connectivity index (χ2v) is 8.00. The van der Waals surface area contributed by atoms with Crippen molar-refractivity contribution in [1.82, 2.24) is 14.7 Å². The summed E-state index contributed by atoms with van der Waals surface area (Å²) in [6.07, 6.45) is 4.32. The minimum atomic E-state index is 0.0518. The molecular formula is C21H27N3O3. The first-order valence-corrected chi connectivity index (χ1v) is 9.65. The van der Waals surface area contributed by atoms with E-state index in [1.807, 2.05) is 21.8 Å². The third kappa shape index (κ3) is 3.53. The second-order valence-electron chi connectivity index (χ2n) is 8.00. The lowest BCUT2D eigenvalue weighted by atomic mass is 9.76. The third-order valence-corrected chi connectivity index (χ3v) is 5.80. The normalized spacial score (nSPS) is 21.7. The number of hydrogen-bond donors (Lipinski definition) is 0. The van der Waals surface area contributed by atoms with Gasteiger partial charge < -0.3 is 14.4 Å². The molecule has 6 nitrogen and oxygen atoms in total. The van der Waals surface area contributed by atoms with Crippen molar-refractivity contribution in [2.45, 2.75) is 53.1 Å². The zero-order valence-electron chi connectivity index (χ0n) is 16.3. The fraction of sp³-hybridized carbons (Fsp3) is 0.524. The fourth-order valence-electron chi connectivity index (χ4n) is 4.19. The maximum absolute atomic E-state index is 12.5. The lowest BCUT2D eigenvalue weighted by Gasteiger charge is -2.40. The van der Waals surface area contributed by atoms with Crippen LogP contribution in [0, 0.1) is 12.3 Å². The standard InChI is InChI=1S/C21H27N3O3/c1-4-24-15(2)17(11-22-24)12-23-13-21(3,8-7-20(23)25)10-16-5-6-18-19(9-16)27-14-26-18/h5-6,9,11H,4,7-8,10,12-14H2,1-3H3/t21-/m1/s1. The van der Waals surface area contributed by atoms with Gasteiger partial charge in [-0.25, -0.2) is 0 Å². The first-order valence-electron chi connectivity index (χ1n) is 9.65. The number of fused-ring (bicyclic) bond motifs is 1. The SMILES string of the molecule is CCn1ncc(CN2C[C@@](C)(Cc3ccc4c(c3)OCO4)CCC2=O)c1C. The van der Waals surface area contributed by atoms with Crippen molar-refractivity contribution < 1.29 is 14.3 Å². The molecule has 0 aliphatic carbocycles. The number of amides is 1. The molecule has 3 heterocycles. The Morgan fingerprint density at radius 1 is 1.26 bits per heavy atom. The molecule has 27 heavy (non-hydrogen) atoms. The molecule has 0 bridgehead atoms. The van der Waals surface area contributed by atoms with Crippen LogP contribution in [0.25, 0.3) is 0 Å². The summed E-state index contributed by atoms with van der Waals surface area (Å²) >= 11 is 0. The third-order valence-electron chi connectivity index (χ3n) is 5.80. The number of likely N-dealkylation sites (tertiary alicyclic amines) is 1. The van der Waals surface area contributed by atoms with Gasteiger partial charge in [0.1, 0.15) is 0 Å². The Balaban J connectivity index is 1.48. The molecule has 144 valence electrons. The van der Waals surface area contributed by atoms with E-state index in [0.29, 0.717) is 19.8 Å². The molecule has 1 aromatic carbocycles. The van der Waals surface area contributed by atoms with Gasteiger partial charge in [-0.05, 0) is 49.8 Å². The number of aryl methyl sites for hydroxylation is 1. The van der Waals surface area contributed by atoms with Gasteiger partial charge in [-0.15, -0.1) is 0 Å². The number of ether oxygens (including phenoxy) is 2. The molecule has 1 amide bonds. The Morgan fingerprint density at radius 2 is 2.07 bits per heavy atom. The first-order chi connectivity index (χ1) is 13.0. The molecule has 0 radical (unpaired) electrons. The van der Waals surface area contributed by atoms with E-state index in [4.69, 9.17) is 9.47 Å². The minimum absolute atomic E-state index is 0.0518. The van der Waals surface area contributed by atoms with Gasteiger partial charge in [0.2, 0.25) is 12.7 Å². The van der Waals surface area contributed by atoms with Crippen molar-refractivity contribution >= 4 is 5.91 Å². The zero-order valence-corrected chi connectivity index (χ0v) is 16.3. The second kappa shape index (κ2) is 6.91. The number of aromatic nitrogens is 2. The van der Waals surface area contributed by atoms with Gasteiger partial charge >= 0.3 is 0 Å². The first kappa shape index (κ1) is 17.9. The Morgan fingerprint density at radius 3 is 2.85 bits per heavy atom. The Labute approximate surface area is 160 Å². The molecule has 2 aromatic rings. The average Bonchev–Trinajstić information content (AvgIpc) is 3.25. The van der Waals surface area contributed by atoms with Crippen LogP contribution in [0.2, 0.25) is 0 Å². The number of benzene rings is 1. The molecule has 0 unspecified atom stereocenters. The van der Waals surface area contributed by atoms with Crippen molar-refractivity contribution in [2.24, 2.45) is 5.41 Å². The van der Waals surface area contributed by atoms with Gasteiger partial charge in [0.05, 0.1) is 6.20 Å². The van der Waals surface area contributed by atoms with Crippen LogP contribution in [-0.4, -0.2) is 33.9 Å². The highest BCUT2D eigenvalue weighted by molar-refractivity contribution is 5.77. The van der Waals surface area contributed by atoms with Crippen LogP contribution in [0.1, 0.15) is 43.5 Å². The number of piperidine rings is 1. The topological polar surface area (TPSA) is 56.6 Å². The van der Waals surface area contributed by atoms with Crippen molar-refractivity contribution in [3.05, 3.63) is 41.2 Å². The highest BCUT2D eigenvalue weighted by Gasteiger charge is 2.35. The van der Waals surface area contributed by atoms with E-state index in [9.17, 15) is 4.79 Å². The summed E-state index contributed by atoms with van der Waals surface area (Å²) in [5, 5.41) is 4.42. The Bertz CT molecular complexity index is 860. The van der Waals surface area contributed by atoms with E-state index in [1.54, 1.807) is 0 Å². The summed E-state index contributed by atoms with van der Waals surface area (Å²) in [5.41, 5.74) is 3.56. The molecule has 1 saturated heterocycles. The molecule has 4 rings (SSSR count). The molecule has 1 aromatic heterocycles. The van der Waals surface area contributed by atoms with Gasteiger partial charge in [0, 0.05) is 37.3 Å². The number of rotatable bonds is 5. The van der Waals surface area contributed by atoms with Crippen LogP contribution in [0.3, 0.4) is 0 Å². The van der Waals surface area contributed by atoms with E-state index in [0.717, 1.165) is 48.7 Å². The molecule has 1 atom stereocenters. The quantitative estimate of drug-likeness (QED) is 0.811. The van der Waals surface area contributed by atoms with Gasteiger partial charge in [-0.2, -0.15) is 5.10 Å². The van der Waals surface area contributed by atoms with E-state index in [1.165, 1.54) is 5.56 Å². The lowest BCUT2D eigenvalue weighted by molar-refractivity contribution is -0.137. The summed E-state index contributed by atoms with van der Waals surface area (Å²) in [6.45, 7) is 8.98. The van der Waals surface area contributed by atoms with E-state index in [-0.39, 0.29) is 11.3 Å². The monoisotopic (exact) mass is 369 g/mol. The molecule has 0 saturated carbocycles. The van der Waals surface area contributed by atoms with Crippen molar-refractivity contribution in [1.29, 1.82) is 0 Å². The Kier molecular flexibility index (Phi) is 4.58. The number of hydrogen-bond acceptors (Lipinski definition) is 4. The summed E-state index contributed by atoms with van der Waals surface area (Å²) in [4.78, 5) is 14.5. The summed E-state index contributed by atoms with van der Waals surface area (Å²) in [5.74, 6) is 1.87. The number of carbonyl (C=O) groups is 1. The van der Waals surface area contributed by atoms with Gasteiger partial charge in [0.15, 0.2) is 11.5 Å². The van der Waals surface area contributed by atoms with E-state index < -0.39 is 0 Å². The van der Waals surface area contributed by atoms with Crippen molar-refractivity contribution in [3.8, 4) is 11.5 Å². The predicted octanol–water partition coefficient (Wildman–Crippen LogP) is 3.31. The summed E-state index contributed by atoms with van der Waals surface area (Å²) in [7, 11) is 0. The predicted molar refractivity (Wildman–Crippen MR) is 102 cm³/mol. The van der Waals surface area contributed by atoms with E-state index >= 15 is 0 Å². The number of carbonyl (C=O) groups excluding carboxylic acids is 1. The molecular weight excluding hydrogens is 342 g/mol. The van der Waals surface area contributed by atoms with Crippen LogP contribution in [0.5, 0.6) is 11.5 Å². The maximum Gasteiger partial charge on any atom is 0.231 e. The summed E-state index contributed by atoms with van der Waals surface area (Å²) < 4.78 is 12.9. The highest BCUT2D eigenvalue weighted by Crippen LogP contribution is 2.38. The maximum atomic E-state index is 12.5. The van der Waals surface area contributed by atoms with Gasteiger partial charge in [-0.3, -0.25) is 9.48 Å². The number of nitrogens with zero attached hydrogens (tertiary/aromatic N) is 3. The van der Waals surface area contributed by atoms with Gasteiger partial charge in [0.25, 0.3) is 0 Å². The fourth-order valence-corrected chi connectivity index (χ4v) is 4.19. The molecule has 0 spiro atoms. The van der Waals surface area contributed by atoms with E-state index in [2.05, 4.69) is 38.0 Å². The highest BCUT2D eigenvalue weighted by atomic mass is 16.7. The lowest BCUT2D eigenvalue weighted by Crippen LogP contribution is -2.45. The molecule has 2 aliphatic heterocycles. The largest absolute Gasteiger partial charge is 0.454 e. The van der Waals surface area contributed by atoms with Crippen LogP contribution in [0.4, 0.5) is 0 Å². The van der Waals surface area contributed by atoms with Gasteiger partial charge in [-0.1, -0.05) is 13.0 Å².